The molecule has 2 amide bonds. The van der Waals surface area contributed by atoms with Crippen molar-refractivity contribution in [3.63, 3.8) is 0 Å². The summed E-state index contributed by atoms with van der Waals surface area (Å²) < 4.78 is 11.0. The number of hydrogen-bond donors (Lipinski definition) is 3. The number of carbonyl (C=O) groups excluding carboxylic acids is 2. The molecule has 154 valence electrons. The van der Waals surface area contributed by atoms with Gasteiger partial charge in [0.15, 0.2) is 11.7 Å². The first kappa shape index (κ1) is 22.4. The van der Waals surface area contributed by atoms with Crippen LogP contribution in [-0.2, 0) is 4.79 Å². The number of benzene rings is 2. The Labute approximate surface area is 179 Å². The third-order valence-electron chi connectivity index (χ3n) is 3.63. The number of thiocarbonyl (C=S) groups is 1. The van der Waals surface area contributed by atoms with E-state index in [4.69, 9.17) is 33.3 Å². The smallest absolute Gasteiger partial charge is 0.276 e. The molecule has 0 spiro atoms. The highest BCUT2D eigenvalue weighted by Gasteiger charge is 2.14. The number of hydrogen-bond acceptors (Lipinski definition) is 5. The van der Waals surface area contributed by atoms with Crippen LogP contribution >= 0.6 is 23.8 Å². The number of halogens is 1. The van der Waals surface area contributed by atoms with Crippen LogP contribution in [0.5, 0.6) is 11.5 Å². The van der Waals surface area contributed by atoms with Gasteiger partial charge in [-0.2, -0.15) is 0 Å². The van der Waals surface area contributed by atoms with Crippen molar-refractivity contribution in [1.29, 1.82) is 0 Å². The molecule has 0 unspecified atom stereocenters. The zero-order chi connectivity index (χ0) is 21.1. The lowest BCUT2D eigenvalue weighted by Crippen LogP contribution is -2.49. The second kappa shape index (κ2) is 11.9. The maximum absolute atomic E-state index is 12.4. The molecule has 0 aliphatic carbocycles. The monoisotopic (exact) mass is 435 g/mol. The molecule has 29 heavy (non-hydrogen) atoms. The van der Waals surface area contributed by atoms with Crippen LogP contribution in [-0.4, -0.2) is 30.1 Å². The van der Waals surface area contributed by atoms with E-state index in [0.717, 1.165) is 12.8 Å². The molecule has 2 rings (SSSR count). The van der Waals surface area contributed by atoms with E-state index in [1.807, 2.05) is 0 Å². The largest absolute Gasteiger partial charge is 0.493 e. The van der Waals surface area contributed by atoms with E-state index in [-0.39, 0.29) is 11.7 Å². The highest BCUT2D eigenvalue weighted by Crippen LogP contribution is 2.22. The van der Waals surface area contributed by atoms with Crippen molar-refractivity contribution in [2.75, 3.05) is 13.2 Å². The summed E-state index contributed by atoms with van der Waals surface area (Å²) in [6.45, 7) is 2.30. The predicted octanol–water partition coefficient (Wildman–Crippen LogP) is 3.23. The van der Waals surface area contributed by atoms with Gasteiger partial charge in [0, 0.05) is 0 Å². The van der Waals surface area contributed by atoms with E-state index in [2.05, 4.69) is 23.1 Å². The first-order valence-corrected chi connectivity index (χ1v) is 9.79. The molecule has 0 heterocycles. The fraction of sp³-hybridized carbons (Fsp3) is 0.250. The molecule has 0 bridgehead atoms. The van der Waals surface area contributed by atoms with Crippen molar-refractivity contribution in [3.8, 4) is 11.5 Å². The van der Waals surface area contributed by atoms with Crippen LogP contribution < -0.4 is 25.6 Å². The second-order valence-electron chi connectivity index (χ2n) is 5.87. The molecule has 0 aliphatic rings. The Bertz CT molecular complexity index is 863. The number of rotatable bonds is 8. The molecule has 3 N–H and O–H groups in total. The maximum Gasteiger partial charge on any atom is 0.276 e. The van der Waals surface area contributed by atoms with Gasteiger partial charge in [-0.15, -0.1) is 0 Å². The molecule has 7 nitrogen and oxygen atoms in total. The molecular weight excluding hydrogens is 414 g/mol. The second-order valence-corrected chi connectivity index (χ2v) is 6.69. The highest BCUT2D eigenvalue weighted by molar-refractivity contribution is 7.80. The minimum Gasteiger partial charge on any atom is -0.493 e. The average Bonchev–Trinajstić information content (AvgIpc) is 2.72. The molecule has 0 aromatic heterocycles. The van der Waals surface area contributed by atoms with Gasteiger partial charge in [-0.05, 0) is 42.9 Å². The summed E-state index contributed by atoms with van der Waals surface area (Å²) in [6.07, 6.45) is 1.88. The Hall–Kier alpha value is -2.84. The molecule has 0 fully saturated rings. The van der Waals surface area contributed by atoms with Gasteiger partial charge in [-0.3, -0.25) is 25.8 Å². The van der Waals surface area contributed by atoms with Gasteiger partial charge in [0.2, 0.25) is 0 Å². The number of para-hydroxylation sites is 2. The first-order valence-electron chi connectivity index (χ1n) is 9.00. The van der Waals surface area contributed by atoms with E-state index in [1.165, 1.54) is 0 Å². The number of nitrogens with one attached hydrogen (secondary N) is 3. The molecule has 0 radical (unpaired) electrons. The summed E-state index contributed by atoms with van der Waals surface area (Å²) in [5, 5.41) is 2.82. The van der Waals surface area contributed by atoms with Gasteiger partial charge in [0.1, 0.15) is 11.5 Å². The van der Waals surface area contributed by atoms with Crippen LogP contribution in [0.1, 0.15) is 30.1 Å². The van der Waals surface area contributed by atoms with Crippen molar-refractivity contribution in [2.24, 2.45) is 0 Å². The summed E-state index contributed by atoms with van der Waals surface area (Å²) in [4.78, 5) is 24.3. The Morgan fingerprint density at radius 3 is 2.41 bits per heavy atom. The number of carbonyl (C=O) groups is 2. The van der Waals surface area contributed by atoms with Crippen LogP contribution in [0.4, 0.5) is 0 Å². The zero-order valence-electron chi connectivity index (χ0n) is 15.9. The number of ether oxygens (including phenoxy) is 2. The van der Waals surface area contributed by atoms with Crippen molar-refractivity contribution < 1.29 is 19.1 Å². The van der Waals surface area contributed by atoms with E-state index < -0.39 is 11.8 Å². The number of amides is 2. The lowest BCUT2D eigenvalue weighted by atomic mass is 10.2. The molecule has 0 aliphatic heterocycles. The summed E-state index contributed by atoms with van der Waals surface area (Å²) >= 11 is 11.0. The fourth-order valence-electron chi connectivity index (χ4n) is 2.18. The SMILES string of the molecule is CCCCOc1ccccc1C(=O)NC(=S)NNC(=O)COc1ccccc1Cl. The topological polar surface area (TPSA) is 88.7 Å². The molecule has 0 saturated heterocycles. The van der Waals surface area contributed by atoms with Gasteiger partial charge < -0.3 is 9.47 Å². The quantitative estimate of drug-likeness (QED) is 0.335. The maximum atomic E-state index is 12.4. The number of hydrazine groups is 1. The zero-order valence-corrected chi connectivity index (χ0v) is 17.4. The third kappa shape index (κ3) is 7.59. The Balaban J connectivity index is 1.79. The summed E-state index contributed by atoms with van der Waals surface area (Å²) in [7, 11) is 0. The van der Waals surface area contributed by atoms with Gasteiger partial charge in [0.05, 0.1) is 17.2 Å². The molecule has 2 aromatic carbocycles. The van der Waals surface area contributed by atoms with Gasteiger partial charge >= 0.3 is 0 Å². The van der Waals surface area contributed by atoms with E-state index in [0.29, 0.717) is 28.7 Å². The molecular formula is C20H22ClN3O4S. The standard InChI is InChI=1S/C20H22ClN3O4S/c1-2-3-12-27-16-10-6-4-8-14(16)19(26)22-20(29)24-23-18(25)13-28-17-11-7-5-9-15(17)21/h4-11H,2-3,12-13H2,1H3,(H,23,25)(H2,22,24,26,29). The minimum absolute atomic E-state index is 0.0653. The Morgan fingerprint density at radius 1 is 1.00 bits per heavy atom. The molecule has 2 aromatic rings. The first-order chi connectivity index (χ1) is 14.0. The van der Waals surface area contributed by atoms with Crippen molar-refractivity contribution in [1.82, 2.24) is 16.2 Å². The van der Waals surface area contributed by atoms with Crippen LogP contribution in [0.25, 0.3) is 0 Å². The minimum atomic E-state index is -0.496. The highest BCUT2D eigenvalue weighted by atomic mass is 35.5. The van der Waals surface area contributed by atoms with E-state index >= 15 is 0 Å². The van der Waals surface area contributed by atoms with Gasteiger partial charge in [-0.25, -0.2) is 0 Å². The van der Waals surface area contributed by atoms with Crippen LogP contribution in [0, 0.1) is 0 Å². The lowest BCUT2D eigenvalue weighted by Gasteiger charge is -2.13. The molecule has 9 heteroatoms. The molecule has 0 atom stereocenters. The summed E-state index contributed by atoms with van der Waals surface area (Å²) in [5.41, 5.74) is 5.14. The molecule has 0 saturated carbocycles. The number of unbranched alkanes of at least 4 members (excludes halogenated alkanes) is 1. The summed E-state index contributed by atoms with van der Waals surface area (Å²) in [5.74, 6) is -0.0840. The van der Waals surface area contributed by atoms with Gasteiger partial charge in [0.25, 0.3) is 11.8 Å². The van der Waals surface area contributed by atoms with Crippen LogP contribution in [0.15, 0.2) is 48.5 Å². The van der Waals surface area contributed by atoms with Crippen molar-refractivity contribution in [2.45, 2.75) is 19.8 Å². The Morgan fingerprint density at radius 2 is 1.69 bits per heavy atom. The van der Waals surface area contributed by atoms with Crippen LogP contribution in [0.2, 0.25) is 5.02 Å². The van der Waals surface area contributed by atoms with E-state index in [9.17, 15) is 9.59 Å². The van der Waals surface area contributed by atoms with Crippen molar-refractivity contribution in [3.05, 3.63) is 59.1 Å². The summed E-state index contributed by atoms with van der Waals surface area (Å²) in [6, 6.07) is 13.7. The predicted molar refractivity (Wildman–Crippen MR) is 115 cm³/mol. The average molecular weight is 436 g/mol. The van der Waals surface area contributed by atoms with Gasteiger partial charge in [-0.1, -0.05) is 49.2 Å². The van der Waals surface area contributed by atoms with Crippen LogP contribution in [0.3, 0.4) is 0 Å². The van der Waals surface area contributed by atoms with E-state index in [1.54, 1.807) is 48.5 Å². The Kier molecular flexibility index (Phi) is 9.20. The lowest BCUT2D eigenvalue weighted by molar-refractivity contribution is -0.123. The normalized spacial score (nSPS) is 10.0. The fourth-order valence-corrected chi connectivity index (χ4v) is 2.51. The third-order valence-corrected chi connectivity index (χ3v) is 4.14. The van der Waals surface area contributed by atoms with Crippen molar-refractivity contribution >= 4 is 40.7 Å².